The fourth-order valence-electron chi connectivity index (χ4n) is 6.79. The van der Waals surface area contributed by atoms with Crippen molar-refractivity contribution in [3.8, 4) is 22.8 Å². The first-order valence-corrected chi connectivity index (χ1v) is 20.1. The van der Waals surface area contributed by atoms with Crippen molar-refractivity contribution >= 4 is 54.2 Å². The second-order valence-electron chi connectivity index (χ2n) is 13.5. The third kappa shape index (κ3) is 8.10. The second kappa shape index (κ2) is 16.8. The average molecular weight is 891 g/mol. The van der Waals surface area contributed by atoms with Gasteiger partial charge < -0.3 is 9.13 Å². The van der Waals surface area contributed by atoms with Gasteiger partial charge in [0.25, 0.3) is 0 Å². The van der Waals surface area contributed by atoms with Crippen LogP contribution in [0.5, 0.6) is 0 Å². The number of fused-ring (bicyclic) bond motifs is 2. The number of rotatable bonds is 10. The molecule has 6 heterocycles. The van der Waals surface area contributed by atoms with Gasteiger partial charge in [0.05, 0.1) is 50.0 Å². The Kier molecular flexibility index (Phi) is 10.7. The highest BCUT2D eigenvalue weighted by Crippen LogP contribution is 2.28. The average Bonchev–Trinajstić information content (AvgIpc) is 4.06. The van der Waals surface area contributed by atoms with Crippen LogP contribution in [0, 0.1) is 0 Å². The van der Waals surface area contributed by atoms with Crippen LogP contribution >= 0.6 is 31.9 Å². The lowest BCUT2D eigenvalue weighted by Gasteiger charge is -2.11. The molecule has 0 spiro atoms. The topological polar surface area (TPSA) is 123 Å². The number of nitrogens with zero attached hydrogens (tertiary/aromatic N) is 12. The monoisotopic (exact) mass is 888 g/mol. The number of aromatic nitrogens is 12. The maximum atomic E-state index is 4.86. The van der Waals surface area contributed by atoms with Crippen LogP contribution in [-0.2, 0) is 26.2 Å². The van der Waals surface area contributed by atoms with Crippen LogP contribution in [-0.4, -0.2) is 59.1 Å². The Morgan fingerprint density at radius 1 is 0.431 bits per heavy atom. The summed E-state index contributed by atoms with van der Waals surface area (Å²) in [6.07, 6.45) is 7.22. The van der Waals surface area contributed by atoms with Crippen LogP contribution in [0.4, 0.5) is 0 Å². The van der Waals surface area contributed by atoms with Crippen molar-refractivity contribution < 1.29 is 0 Å². The summed E-state index contributed by atoms with van der Waals surface area (Å²) in [6.45, 7) is 2.50. The van der Waals surface area contributed by atoms with E-state index in [2.05, 4.69) is 120 Å². The van der Waals surface area contributed by atoms with Crippen LogP contribution < -0.4 is 0 Å². The molecule has 0 aliphatic carbocycles. The number of halogens is 2. The van der Waals surface area contributed by atoms with E-state index in [9.17, 15) is 0 Å². The third-order valence-corrected chi connectivity index (χ3v) is 10.4. The minimum Gasteiger partial charge on any atom is -0.303 e. The van der Waals surface area contributed by atoms with Gasteiger partial charge in [-0.25, -0.2) is 29.3 Å². The van der Waals surface area contributed by atoms with Gasteiger partial charge in [0, 0.05) is 32.5 Å². The summed E-state index contributed by atoms with van der Waals surface area (Å²) in [7, 11) is 0. The van der Waals surface area contributed by atoms with Gasteiger partial charge >= 0.3 is 0 Å². The summed E-state index contributed by atoms with van der Waals surface area (Å²) in [5, 5.41) is 16.9. The summed E-state index contributed by atoms with van der Waals surface area (Å²) in [6, 6.07) is 44.8. The number of hydrogen-bond donors (Lipinski definition) is 0. The Labute approximate surface area is 350 Å². The van der Waals surface area contributed by atoms with Crippen LogP contribution in [0.3, 0.4) is 0 Å². The molecule has 284 valence electrons. The van der Waals surface area contributed by atoms with E-state index in [0.717, 1.165) is 65.4 Å². The molecule has 0 saturated carbocycles. The van der Waals surface area contributed by atoms with E-state index in [1.165, 1.54) is 11.1 Å². The Balaban J connectivity index is 0.000000150. The molecule has 4 aromatic carbocycles. The fourth-order valence-corrected chi connectivity index (χ4v) is 7.43. The molecule has 58 heavy (non-hydrogen) atoms. The molecule has 0 N–H and O–H groups in total. The molecule has 0 fully saturated rings. The first-order chi connectivity index (χ1) is 28.6. The molecular formula is C44H34Br2N12. The molecule has 0 aliphatic heterocycles. The first kappa shape index (κ1) is 37.0. The number of imidazole rings is 2. The molecule has 0 aliphatic rings. The summed E-state index contributed by atoms with van der Waals surface area (Å²) in [4.78, 5) is 19.0. The van der Waals surface area contributed by atoms with E-state index in [-0.39, 0.29) is 0 Å². The van der Waals surface area contributed by atoms with E-state index in [4.69, 9.17) is 9.97 Å². The molecule has 0 radical (unpaired) electrons. The maximum Gasteiger partial charge on any atom is 0.160 e. The van der Waals surface area contributed by atoms with Crippen molar-refractivity contribution in [2.24, 2.45) is 0 Å². The van der Waals surface area contributed by atoms with Crippen molar-refractivity contribution in [3.05, 3.63) is 190 Å². The third-order valence-electron chi connectivity index (χ3n) is 9.55. The Morgan fingerprint density at radius 3 is 1.21 bits per heavy atom. The molecule has 0 unspecified atom stereocenters. The Hall–Kier alpha value is -6.64. The van der Waals surface area contributed by atoms with Crippen molar-refractivity contribution in [1.29, 1.82) is 0 Å². The van der Waals surface area contributed by atoms with Gasteiger partial charge in [-0.05, 0) is 55.1 Å². The van der Waals surface area contributed by atoms with Crippen LogP contribution in [0.2, 0.25) is 0 Å². The lowest BCUT2D eigenvalue weighted by Crippen LogP contribution is -2.11. The maximum absolute atomic E-state index is 4.86. The summed E-state index contributed by atoms with van der Waals surface area (Å²) in [5.41, 5.74) is 9.80. The zero-order valence-electron chi connectivity index (χ0n) is 31.0. The standard InChI is InChI=1S/2C22H17BrN6/c2*23-18-11-20-22(24-12-18)28(21(26-20)17-9-5-2-6-10-17)15-19-13-25-27-29(19)14-16-7-3-1-4-8-16/h2*1-13H,14-15H2. The van der Waals surface area contributed by atoms with Gasteiger partial charge in [-0.15, -0.1) is 10.2 Å². The van der Waals surface area contributed by atoms with Crippen molar-refractivity contribution in [1.82, 2.24) is 59.1 Å². The molecule has 0 bridgehead atoms. The highest BCUT2D eigenvalue weighted by atomic mass is 79.9. The lowest BCUT2D eigenvalue weighted by atomic mass is 10.2. The van der Waals surface area contributed by atoms with E-state index in [0.29, 0.717) is 26.2 Å². The molecule has 0 atom stereocenters. The van der Waals surface area contributed by atoms with E-state index in [1.54, 1.807) is 12.4 Å². The summed E-state index contributed by atoms with van der Waals surface area (Å²) >= 11 is 6.99. The van der Waals surface area contributed by atoms with Gasteiger partial charge in [-0.1, -0.05) is 132 Å². The number of pyridine rings is 2. The number of benzene rings is 4. The molecular weight excluding hydrogens is 856 g/mol. The van der Waals surface area contributed by atoms with Crippen molar-refractivity contribution in [3.63, 3.8) is 0 Å². The zero-order valence-corrected chi connectivity index (χ0v) is 34.1. The fraction of sp³-hybridized carbons (Fsp3) is 0.0909. The minimum atomic E-state index is 0.579. The van der Waals surface area contributed by atoms with Gasteiger partial charge in [0.2, 0.25) is 0 Å². The predicted molar refractivity (Wildman–Crippen MR) is 231 cm³/mol. The Bertz CT molecular complexity index is 2720. The molecule has 0 saturated heterocycles. The van der Waals surface area contributed by atoms with Gasteiger partial charge in [0.1, 0.15) is 22.7 Å². The first-order valence-electron chi connectivity index (χ1n) is 18.5. The van der Waals surface area contributed by atoms with Crippen molar-refractivity contribution in [2.75, 3.05) is 0 Å². The smallest absolute Gasteiger partial charge is 0.160 e. The minimum absolute atomic E-state index is 0.579. The molecule has 10 rings (SSSR count). The summed E-state index contributed by atoms with van der Waals surface area (Å²) in [5.74, 6) is 1.75. The van der Waals surface area contributed by atoms with Crippen LogP contribution in [0.1, 0.15) is 22.5 Å². The van der Waals surface area contributed by atoms with Crippen LogP contribution in [0.25, 0.3) is 45.1 Å². The quantitative estimate of drug-likeness (QED) is 0.133. The predicted octanol–water partition coefficient (Wildman–Crippen LogP) is 9.10. The second-order valence-corrected chi connectivity index (χ2v) is 15.3. The summed E-state index contributed by atoms with van der Waals surface area (Å²) < 4.78 is 9.91. The van der Waals surface area contributed by atoms with Crippen LogP contribution in [0.15, 0.2) is 167 Å². The normalized spacial score (nSPS) is 11.2. The van der Waals surface area contributed by atoms with E-state index < -0.39 is 0 Å². The highest BCUT2D eigenvalue weighted by Gasteiger charge is 2.18. The Morgan fingerprint density at radius 2 is 0.810 bits per heavy atom. The van der Waals surface area contributed by atoms with Gasteiger partial charge in [-0.2, -0.15) is 0 Å². The van der Waals surface area contributed by atoms with E-state index >= 15 is 0 Å². The number of hydrogen-bond acceptors (Lipinski definition) is 8. The van der Waals surface area contributed by atoms with Crippen molar-refractivity contribution in [2.45, 2.75) is 26.2 Å². The largest absolute Gasteiger partial charge is 0.303 e. The molecule has 6 aromatic heterocycles. The van der Waals surface area contributed by atoms with Gasteiger partial charge in [-0.3, -0.25) is 0 Å². The zero-order chi connectivity index (χ0) is 39.3. The molecule has 10 aromatic rings. The van der Waals surface area contributed by atoms with Gasteiger partial charge in [0.15, 0.2) is 11.3 Å². The lowest BCUT2D eigenvalue weighted by molar-refractivity contribution is 0.604. The molecule has 0 amide bonds. The SMILES string of the molecule is Brc1cnc2c(c1)nc(-c1ccccc1)n2Cc1cnnn1Cc1ccccc1.Brc1cnc2c(c1)nc(-c1ccccc1)n2Cc1cnnn1Cc1ccccc1. The van der Waals surface area contributed by atoms with E-state index in [1.807, 2.05) is 107 Å². The molecule has 14 heteroatoms. The molecule has 12 nitrogen and oxygen atoms in total. The highest BCUT2D eigenvalue weighted by molar-refractivity contribution is 9.10.